The maximum Gasteiger partial charge on any atom is 0.264 e. The van der Waals surface area contributed by atoms with Gasteiger partial charge in [0.15, 0.2) is 0 Å². The first-order chi connectivity index (χ1) is 22.0. The first-order valence-electron chi connectivity index (χ1n) is 14.5. The molecule has 0 radical (unpaired) electrons. The normalized spacial score (nSPS) is 11.8. The Morgan fingerprint density at radius 3 is 2.17 bits per heavy atom. The Bertz CT molecular complexity index is 1740. The molecule has 4 aromatic rings. The molecule has 242 valence electrons. The summed E-state index contributed by atoms with van der Waals surface area (Å²) >= 11 is 12.4. The molecular formula is C34H34Cl2FN3O5S. The second kappa shape index (κ2) is 15.9. The summed E-state index contributed by atoms with van der Waals surface area (Å²) in [4.78, 5) is 29.4. The first-order valence-corrected chi connectivity index (χ1v) is 16.7. The van der Waals surface area contributed by atoms with Gasteiger partial charge in [0.05, 0.1) is 27.7 Å². The number of carbonyl (C=O) groups excluding carboxylic acids is 2. The quantitative estimate of drug-likeness (QED) is 0.163. The van der Waals surface area contributed by atoms with E-state index in [2.05, 4.69) is 5.32 Å². The fraction of sp³-hybridized carbons (Fsp3) is 0.235. The van der Waals surface area contributed by atoms with E-state index < -0.39 is 40.2 Å². The molecule has 0 aliphatic heterocycles. The van der Waals surface area contributed by atoms with Gasteiger partial charge in [0.2, 0.25) is 11.8 Å². The number of methoxy groups -OCH3 is 1. The van der Waals surface area contributed by atoms with E-state index in [1.165, 1.54) is 48.4 Å². The van der Waals surface area contributed by atoms with Crippen molar-refractivity contribution in [1.82, 2.24) is 10.2 Å². The molecule has 0 saturated heterocycles. The van der Waals surface area contributed by atoms with Crippen LogP contribution in [-0.2, 0) is 32.6 Å². The number of amides is 2. The minimum Gasteiger partial charge on any atom is -0.497 e. The van der Waals surface area contributed by atoms with E-state index in [-0.39, 0.29) is 28.6 Å². The molecule has 46 heavy (non-hydrogen) atoms. The molecule has 0 spiro atoms. The minimum atomic E-state index is -4.36. The van der Waals surface area contributed by atoms with Crippen LogP contribution in [0.2, 0.25) is 10.0 Å². The van der Waals surface area contributed by atoms with Crippen molar-refractivity contribution in [2.24, 2.45) is 0 Å². The van der Waals surface area contributed by atoms with Gasteiger partial charge in [-0.2, -0.15) is 0 Å². The zero-order valence-electron chi connectivity index (χ0n) is 25.3. The maximum atomic E-state index is 14.4. The van der Waals surface area contributed by atoms with E-state index in [0.717, 1.165) is 22.0 Å². The van der Waals surface area contributed by atoms with E-state index >= 15 is 0 Å². The SMILES string of the molecule is CCCNC(=O)[C@H](Cc1ccccc1)N(Cc1ccc(Cl)c(Cl)c1)C(=O)CN(c1ccc(F)cc1)S(=O)(=O)c1ccc(OC)cc1. The van der Waals surface area contributed by atoms with Gasteiger partial charge in [0, 0.05) is 19.5 Å². The maximum absolute atomic E-state index is 14.4. The molecule has 4 aromatic carbocycles. The number of halogens is 3. The highest BCUT2D eigenvalue weighted by Crippen LogP contribution is 2.28. The average Bonchev–Trinajstić information content (AvgIpc) is 3.06. The van der Waals surface area contributed by atoms with Crippen LogP contribution < -0.4 is 14.4 Å². The number of benzene rings is 4. The molecule has 4 rings (SSSR count). The van der Waals surface area contributed by atoms with Gasteiger partial charge in [-0.25, -0.2) is 12.8 Å². The Morgan fingerprint density at radius 2 is 1.57 bits per heavy atom. The van der Waals surface area contributed by atoms with Gasteiger partial charge < -0.3 is 15.0 Å². The Morgan fingerprint density at radius 1 is 0.891 bits per heavy atom. The van der Waals surface area contributed by atoms with Crippen LogP contribution in [0.25, 0.3) is 0 Å². The number of anilines is 1. The van der Waals surface area contributed by atoms with Crippen LogP contribution in [0.3, 0.4) is 0 Å². The molecule has 8 nitrogen and oxygen atoms in total. The number of hydrogen-bond acceptors (Lipinski definition) is 5. The largest absolute Gasteiger partial charge is 0.497 e. The summed E-state index contributed by atoms with van der Waals surface area (Å²) in [5.41, 5.74) is 1.44. The second-order valence-electron chi connectivity index (χ2n) is 10.4. The zero-order valence-corrected chi connectivity index (χ0v) is 27.7. The number of nitrogens with zero attached hydrogens (tertiary/aromatic N) is 2. The summed E-state index contributed by atoms with van der Waals surface area (Å²) in [5, 5.41) is 3.47. The van der Waals surface area contributed by atoms with Gasteiger partial charge in [-0.3, -0.25) is 13.9 Å². The highest BCUT2D eigenvalue weighted by Gasteiger charge is 2.34. The lowest BCUT2D eigenvalue weighted by molar-refractivity contribution is -0.140. The summed E-state index contributed by atoms with van der Waals surface area (Å²) in [6.07, 6.45) is 0.828. The molecule has 12 heteroatoms. The third-order valence-electron chi connectivity index (χ3n) is 7.20. The number of rotatable bonds is 14. The number of sulfonamides is 1. The van der Waals surface area contributed by atoms with Crippen molar-refractivity contribution in [3.8, 4) is 5.75 Å². The van der Waals surface area contributed by atoms with Crippen LogP contribution >= 0.6 is 23.2 Å². The molecular weight excluding hydrogens is 652 g/mol. The van der Waals surface area contributed by atoms with E-state index in [9.17, 15) is 22.4 Å². The third-order valence-corrected chi connectivity index (χ3v) is 9.73. The second-order valence-corrected chi connectivity index (χ2v) is 13.1. The lowest BCUT2D eigenvalue weighted by Gasteiger charge is -2.34. The topological polar surface area (TPSA) is 96.0 Å². The van der Waals surface area contributed by atoms with Crippen molar-refractivity contribution in [1.29, 1.82) is 0 Å². The van der Waals surface area contributed by atoms with Crippen molar-refractivity contribution in [3.05, 3.63) is 124 Å². The van der Waals surface area contributed by atoms with Crippen LogP contribution in [0.5, 0.6) is 5.75 Å². The summed E-state index contributed by atoms with van der Waals surface area (Å²) in [6.45, 7) is 1.53. The molecule has 1 N–H and O–H groups in total. The van der Waals surface area contributed by atoms with E-state index in [1.807, 2.05) is 37.3 Å². The molecule has 0 bridgehead atoms. The average molecular weight is 687 g/mol. The minimum absolute atomic E-state index is 0.0649. The first kappa shape index (κ1) is 34.7. The monoisotopic (exact) mass is 685 g/mol. The van der Waals surface area contributed by atoms with Crippen molar-refractivity contribution in [2.45, 2.75) is 37.2 Å². The van der Waals surface area contributed by atoms with Crippen molar-refractivity contribution >= 4 is 50.7 Å². The Kier molecular flexibility index (Phi) is 12.0. The van der Waals surface area contributed by atoms with Gasteiger partial charge in [-0.1, -0.05) is 66.5 Å². The molecule has 0 fully saturated rings. The summed E-state index contributed by atoms with van der Waals surface area (Å²) in [5.74, 6) is -1.20. The van der Waals surface area contributed by atoms with Gasteiger partial charge in [0.1, 0.15) is 24.2 Å². The molecule has 0 unspecified atom stereocenters. The van der Waals surface area contributed by atoms with Gasteiger partial charge >= 0.3 is 0 Å². The molecule has 0 aromatic heterocycles. The Hall–Kier alpha value is -4.12. The zero-order chi connectivity index (χ0) is 33.3. The predicted molar refractivity (Wildman–Crippen MR) is 178 cm³/mol. The molecule has 1 atom stereocenters. The molecule has 0 aliphatic rings. The smallest absolute Gasteiger partial charge is 0.264 e. The van der Waals surface area contributed by atoms with Crippen molar-refractivity contribution in [2.75, 3.05) is 24.5 Å². The number of nitrogens with one attached hydrogen (secondary N) is 1. The van der Waals surface area contributed by atoms with Crippen LogP contribution in [0.4, 0.5) is 10.1 Å². The Balaban J connectivity index is 1.80. The van der Waals surface area contributed by atoms with Crippen LogP contribution in [0.1, 0.15) is 24.5 Å². The van der Waals surface area contributed by atoms with E-state index in [0.29, 0.717) is 29.3 Å². The molecule has 0 saturated carbocycles. The standard InChI is InChI=1S/C34H34Cl2FN3O5S/c1-3-19-38-34(42)32(21-24-7-5-4-6-8-24)39(22-25-9-18-30(35)31(36)20-25)33(41)23-40(27-12-10-26(37)11-13-27)46(43,44)29-16-14-28(45-2)15-17-29/h4-18,20,32H,3,19,21-23H2,1-2H3,(H,38,42)/t32-/m0/s1. The number of hydrogen-bond donors (Lipinski definition) is 1. The summed E-state index contributed by atoms with van der Waals surface area (Å²) in [6, 6.07) is 23.5. The fourth-order valence-electron chi connectivity index (χ4n) is 4.77. The van der Waals surface area contributed by atoms with Gasteiger partial charge in [-0.05, 0) is 78.2 Å². The number of carbonyl (C=O) groups is 2. The third kappa shape index (κ3) is 8.78. The lowest BCUT2D eigenvalue weighted by Crippen LogP contribution is -2.53. The van der Waals surface area contributed by atoms with Crippen LogP contribution in [-0.4, -0.2) is 51.4 Å². The summed E-state index contributed by atoms with van der Waals surface area (Å²) in [7, 11) is -2.90. The number of ether oxygens (including phenoxy) is 1. The molecule has 0 heterocycles. The molecule has 2 amide bonds. The predicted octanol–water partition coefficient (Wildman–Crippen LogP) is 6.50. The fourth-order valence-corrected chi connectivity index (χ4v) is 6.50. The Labute approximate surface area is 278 Å². The van der Waals surface area contributed by atoms with Crippen molar-refractivity contribution in [3.63, 3.8) is 0 Å². The lowest BCUT2D eigenvalue weighted by atomic mass is 10.0. The van der Waals surface area contributed by atoms with E-state index in [4.69, 9.17) is 27.9 Å². The highest BCUT2D eigenvalue weighted by molar-refractivity contribution is 7.92. The summed E-state index contributed by atoms with van der Waals surface area (Å²) < 4.78 is 48.1. The van der Waals surface area contributed by atoms with Gasteiger partial charge in [0.25, 0.3) is 10.0 Å². The van der Waals surface area contributed by atoms with Gasteiger partial charge in [-0.15, -0.1) is 0 Å². The van der Waals surface area contributed by atoms with Crippen molar-refractivity contribution < 1.29 is 27.1 Å². The van der Waals surface area contributed by atoms with Crippen LogP contribution in [0.15, 0.2) is 102 Å². The highest BCUT2D eigenvalue weighted by atomic mass is 35.5. The van der Waals surface area contributed by atoms with Crippen LogP contribution in [0, 0.1) is 5.82 Å². The molecule has 0 aliphatic carbocycles. The van der Waals surface area contributed by atoms with E-state index in [1.54, 1.807) is 18.2 Å².